The first-order valence-electron chi connectivity index (χ1n) is 7.75. The lowest BCUT2D eigenvalue weighted by molar-refractivity contribution is -0.140. The van der Waals surface area contributed by atoms with Crippen molar-refractivity contribution in [3.63, 3.8) is 0 Å². The van der Waals surface area contributed by atoms with Gasteiger partial charge in [-0.05, 0) is 30.5 Å². The Hall–Kier alpha value is -1.59. The fourth-order valence-corrected chi connectivity index (χ4v) is 3.33. The molecule has 1 heterocycles. The number of halogens is 1. The van der Waals surface area contributed by atoms with Crippen LogP contribution < -0.4 is 0 Å². The fourth-order valence-electron chi connectivity index (χ4n) is 3.20. The number of hydrogen-bond acceptors (Lipinski definition) is 3. The van der Waals surface area contributed by atoms with E-state index in [4.69, 9.17) is 11.6 Å². The number of hydrogen-bond donors (Lipinski definition) is 1. The smallest absolute Gasteiger partial charge is 0.225 e. The van der Waals surface area contributed by atoms with Gasteiger partial charge < -0.3 is 14.9 Å². The molecule has 0 aromatic heterocycles. The molecule has 1 aromatic carbocycles. The van der Waals surface area contributed by atoms with E-state index in [-0.39, 0.29) is 24.8 Å². The van der Waals surface area contributed by atoms with Gasteiger partial charge in [0, 0.05) is 32.1 Å². The average molecular weight is 339 g/mol. The summed E-state index contributed by atoms with van der Waals surface area (Å²) in [7, 11) is 1.73. The van der Waals surface area contributed by atoms with Crippen molar-refractivity contribution in [2.45, 2.75) is 38.3 Å². The summed E-state index contributed by atoms with van der Waals surface area (Å²) in [5.41, 5.74) is 0.232. The molecule has 0 radical (unpaired) electrons. The summed E-state index contributed by atoms with van der Waals surface area (Å²) in [6.07, 6.45) is 1.62. The third-order valence-electron chi connectivity index (χ3n) is 4.51. The second-order valence-electron chi connectivity index (χ2n) is 6.21. The Kier molecular flexibility index (Phi) is 5.65. The molecule has 126 valence electrons. The van der Waals surface area contributed by atoms with E-state index in [2.05, 4.69) is 0 Å². The van der Waals surface area contributed by atoms with Crippen molar-refractivity contribution in [2.75, 3.05) is 20.2 Å². The summed E-state index contributed by atoms with van der Waals surface area (Å²) in [6, 6.07) is 7.34. The van der Waals surface area contributed by atoms with Crippen LogP contribution in [0.25, 0.3) is 0 Å². The maximum atomic E-state index is 12.6. The number of nitrogens with zero attached hydrogens (tertiary/aromatic N) is 2. The van der Waals surface area contributed by atoms with Crippen molar-refractivity contribution in [3.05, 3.63) is 34.9 Å². The highest BCUT2D eigenvalue weighted by Gasteiger charge is 2.44. The number of likely N-dealkylation sites (tertiary alicyclic amines) is 1. The minimum atomic E-state index is -0.753. The topological polar surface area (TPSA) is 60.9 Å². The summed E-state index contributed by atoms with van der Waals surface area (Å²) in [4.78, 5) is 27.6. The van der Waals surface area contributed by atoms with E-state index >= 15 is 0 Å². The molecule has 1 fully saturated rings. The van der Waals surface area contributed by atoms with Gasteiger partial charge in [0.15, 0.2) is 0 Å². The standard InChI is InChI=1S/C17H23ClN2O3/c1-13(22)20-9-3-8-17(20,12-21)10-16(23)19(2)11-14-4-6-15(18)7-5-14/h4-7,21H,3,8-12H2,1-2H3/t17-/m0/s1. The van der Waals surface area contributed by atoms with Crippen molar-refractivity contribution in [1.29, 1.82) is 0 Å². The molecule has 0 saturated carbocycles. The van der Waals surface area contributed by atoms with E-state index in [1.54, 1.807) is 29.0 Å². The minimum Gasteiger partial charge on any atom is -0.394 e. The molecular weight excluding hydrogens is 316 g/mol. The van der Waals surface area contributed by atoms with E-state index in [0.29, 0.717) is 24.5 Å². The SMILES string of the molecule is CC(=O)N1CCC[C@@]1(CO)CC(=O)N(C)Cc1ccc(Cl)cc1. The first-order chi connectivity index (χ1) is 10.9. The van der Waals surface area contributed by atoms with Crippen LogP contribution in [0.4, 0.5) is 0 Å². The van der Waals surface area contributed by atoms with Crippen LogP contribution in [-0.2, 0) is 16.1 Å². The molecular formula is C17H23ClN2O3. The molecule has 23 heavy (non-hydrogen) atoms. The molecule has 0 unspecified atom stereocenters. The zero-order chi connectivity index (χ0) is 17.0. The molecule has 0 spiro atoms. The van der Waals surface area contributed by atoms with Crippen LogP contribution in [-0.4, -0.2) is 52.5 Å². The van der Waals surface area contributed by atoms with Crippen LogP contribution in [0.2, 0.25) is 5.02 Å². The maximum absolute atomic E-state index is 12.6. The molecule has 1 aliphatic rings. The van der Waals surface area contributed by atoms with E-state index in [1.807, 2.05) is 12.1 Å². The van der Waals surface area contributed by atoms with Crippen molar-refractivity contribution in [3.8, 4) is 0 Å². The highest BCUT2D eigenvalue weighted by atomic mass is 35.5. The van der Waals surface area contributed by atoms with Crippen LogP contribution in [0.3, 0.4) is 0 Å². The molecule has 1 atom stereocenters. The summed E-state index contributed by atoms with van der Waals surface area (Å²) < 4.78 is 0. The molecule has 1 aromatic rings. The van der Waals surface area contributed by atoms with Crippen molar-refractivity contribution >= 4 is 23.4 Å². The Morgan fingerprint density at radius 2 is 2.00 bits per heavy atom. The summed E-state index contributed by atoms with van der Waals surface area (Å²) in [5.74, 6) is -0.174. The third-order valence-corrected chi connectivity index (χ3v) is 4.76. The number of aliphatic hydroxyl groups excluding tert-OH is 1. The van der Waals surface area contributed by atoms with Gasteiger partial charge in [0.25, 0.3) is 0 Å². The van der Waals surface area contributed by atoms with E-state index in [0.717, 1.165) is 12.0 Å². The lowest BCUT2D eigenvalue weighted by atomic mass is 9.92. The Labute approximate surface area is 141 Å². The van der Waals surface area contributed by atoms with E-state index in [1.165, 1.54) is 6.92 Å². The Bertz CT molecular complexity index is 576. The summed E-state index contributed by atoms with van der Waals surface area (Å²) in [6.45, 7) is 2.37. The normalized spacial score (nSPS) is 20.6. The van der Waals surface area contributed by atoms with Crippen molar-refractivity contribution in [2.24, 2.45) is 0 Å². The predicted molar refractivity (Wildman–Crippen MR) is 89.0 cm³/mol. The van der Waals surface area contributed by atoms with Gasteiger partial charge >= 0.3 is 0 Å². The number of carbonyl (C=O) groups excluding carboxylic acids is 2. The fraction of sp³-hybridized carbons (Fsp3) is 0.529. The number of amides is 2. The van der Waals surface area contributed by atoms with Crippen molar-refractivity contribution < 1.29 is 14.7 Å². The Morgan fingerprint density at radius 1 is 1.35 bits per heavy atom. The quantitative estimate of drug-likeness (QED) is 0.894. The zero-order valence-electron chi connectivity index (χ0n) is 13.6. The zero-order valence-corrected chi connectivity index (χ0v) is 14.3. The number of carbonyl (C=O) groups is 2. The minimum absolute atomic E-state index is 0.0813. The second kappa shape index (κ2) is 7.32. The number of rotatable bonds is 5. The molecule has 5 nitrogen and oxygen atoms in total. The van der Waals surface area contributed by atoms with Gasteiger partial charge in [0.2, 0.25) is 11.8 Å². The van der Waals surface area contributed by atoms with Gasteiger partial charge in [0.05, 0.1) is 18.6 Å². The van der Waals surface area contributed by atoms with Gasteiger partial charge in [-0.15, -0.1) is 0 Å². The predicted octanol–water partition coefficient (Wildman–Crippen LogP) is 2.06. The molecule has 0 aliphatic carbocycles. The summed E-state index contributed by atoms with van der Waals surface area (Å²) in [5, 5.41) is 10.5. The first kappa shape index (κ1) is 17.8. The van der Waals surface area contributed by atoms with Crippen LogP contribution in [0.1, 0.15) is 31.7 Å². The Balaban J connectivity index is 2.04. The number of aliphatic hydroxyl groups is 1. The highest BCUT2D eigenvalue weighted by molar-refractivity contribution is 6.30. The summed E-state index contributed by atoms with van der Waals surface area (Å²) >= 11 is 5.86. The van der Waals surface area contributed by atoms with Crippen LogP contribution in [0, 0.1) is 0 Å². The largest absolute Gasteiger partial charge is 0.394 e. The third kappa shape index (κ3) is 4.03. The van der Waals surface area contributed by atoms with Crippen LogP contribution in [0.15, 0.2) is 24.3 Å². The molecule has 6 heteroatoms. The monoisotopic (exact) mass is 338 g/mol. The molecule has 0 bridgehead atoms. The lowest BCUT2D eigenvalue weighted by Crippen LogP contribution is -2.52. The second-order valence-corrected chi connectivity index (χ2v) is 6.65. The van der Waals surface area contributed by atoms with E-state index in [9.17, 15) is 14.7 Å². The first-order valence-corrected chi connectivity index (χ1v) is 8.13. The average Bonchev–Trinajstić information content (AvgIpc) is 2.93. The van der Waals surface area contributed by atoms with Gasteiger partial charge in [-0.2, -0.15) is 0 Å². The van der Waals surface area contributed by atoms with Crippen molar-refractivity contribution in [1.82, 2.24) is 9.80 Å². The Morgan fingerprint density at radius 3 is 2.57 bits per heavy atom. The molecule has 1 aliphatic heterocycles. The molecule has 1 N–H and O–H groups in total. The van der Waals surface area contributed by atoms with Crippen LogP contribution >= 0.6 is 11.6 Å². The van der Waals surface area contributed by atoms with Gasteiger partial charge in [-0.1, -0.05) is 23.7 Å². The maximum Gasteiger partial charge on any atom is 0.225 e. The lowest BCUT2D eigenvalue weighted by Gasteiger charge is -2.37. The van der Waals surface area contributed by atoms with E-state index < -0.39 is 5.54 Å². The van der Waals surface area contributed by atoms with Gasteiger partial charge in [-0.3, -0.25) is 9.59 Å². The van der Waals surface area contributed by atoms with Gasteiger partial charge in [0.1, 0.15) is 0 Å². The molecule has 2 rings (SSSR count). The highest BCUT2D eigenvalue weighted by Crippen LogP contribution is 2.33. The number of benzene rings is 1. The molecule has 1 saturated heterocycles. The molecule has 2 amide bonds. The van der Waals surface area contributed by atoms with Gasteiger partial charge in [-0.25, -0.2) is 0 Å². The van der Waals surface area contributed by atoms with Crippen LogP contribution in [0.5, 0.6) is 0 Å².